The molecule has 10 atom stereocenters. The van der Waals surface area contributed by atoms with Crippen LogP contribution in [0.2, 0.25) is 0 Å². The van der Waals surface area contributed by atoms with Gasteiger partial charge in [-0.3, -0.25) is 19.2 Å². The van der Waals surface area contributed by atoms with Gasteiger partial charge in [0.15, 0.2) is 11.9 Å². The first-order chi connectivity index (χ1) is 20.2. The molecule has 0 aromatic rings. The first-order valence-corrected chi connectivity index (χ1v) is 16.6. The van der Waals surface area contributed by atoms with Crippen LogP contribution in [0.5, 0.6) is 0 Å². The van der Waals surface area contributed by atoms with Gasteiger partial charge in [-0.1, -0.05) is 52.7 Å². The van der Waals surface area contributed by atoms with Gasteiger partial charge in [0.2, 0.25) is 0 Å². The minimum atomic E-state index is -0.770. The predicted molar refractivity (Wildman–Crippen MR) is 164 cm³/mol. The van der Waals surface area contributed by atoms with Gasteiger partial charge in [-0.25, -0.2) is 0 Å². The number of epoxide rings is 1. The van der Waals surface area contributed by atoms with Gasteiger partial charge in [-0.05, 0) is 74.0 Å². The molecule has 3 saturated carbocycles. The van der Waals surface area contributed by atoms with Gasteiger partial charge in [0.1, 0.15) is 18.3 Å². The second-order valence-corrected chi connectivity index (χ2v) is 16.6. The van der Waals surface area contributed by atoms with Crippen LogP contribution in [0.15, 0.2) is 11.1 Å². The van der Waals surface area contributed by atoms with Crippen molar-refractivity contribution >= 4 is 23.7 Å². The van der Waals surface area contributed by atoms with E-state index in [0.717, 1.165) is 25.7 Å². The van der Waals surface area contributed by atoms with E-state index in [1.807, 2.05) is 13.8 Å². The summed E-state index contributed by atoms with van der Waals surface area (Å²) >= 11 is 0. The quantitative estimate of drug-likeness (QED) is 0.138. The van der Waals surface area contributed by atoms with Crippen molar-refractivity contribution in [1.82, 2.24) is 0 Å². The molecular weight excluding hydrogens is 560 g/mol. The lowest BCUT2D eigenvalue weighted by Gasteiger charge is -2.69. The maximum atomic E-state index is 13.8. The monoisotopic (exact) mass is 614 g/mol. The van der Waals surface area contributed by atoms with E-state index in [-0.39, 0.29) is 70.2 Å². The Labute approximate surface area is 263 Å². The first-order valence-electron chi connectivity index (χ1n) is 16.6. The summed E-state index contributed by atoms with van der Waals surface area (Å²) in [4.78, 5) is 50.5. The van der Waals surface area contributed by atoms with Crippen LogP contribution in [-0.2, 0) is 38.1 Å². The Morgan fingerprint density at radius 1 is 0.932 bits per heavy atom. The molecule has 0 amide bonds. The lowest BCUT2D eigenvalue weighted by molar-refractivity contribution is -0.232. The summed E-state index contributed by atoms with van der Waals surface area (Å²) in [7, 11) is 0. The summed E-state index contributed by atoms with van der Waals surface area (Å²) in [5.41, 5.74) is 1.15. The number of carbonyl (C=O) groups is 4. The van der Waals surface area contributed by atoms with Crippen LogP contribution < -0.4 is 0 Å². The van der Waals surface area contributed by atoms with Crippen LogP contribution in [0.4, 0.5) is 0 Å². The van der Waals surface area contributed by atoms with Gasteiger partial charge in [0.25, 0.3) is 0 Å². The van der Waals surface area contributed by atoms with Crippen molar-refractivity contribution < 1.29 is 38.1 Å². The number of hydrogen-bond donors (Lipinski definition) is 0. The fourth-order valence-corrected chi connectivity index (χ4v) is 11.2. The summed E-state index contributed by atoms with van der Waals surface area (Å²) in [6.07, 6.45) is 3.85. The zero-order chi connectivity index (χ0) is 32.8. The number of ether oxygens (including phenoxy) is 4. The molecule has 5 rings (SSSR count). The third-order valence-electron chi connectivity index (χ3n) is 13.0. The molecule has 44 heavy (non-hydrogen) atoms. The van der Waals surface area contributed by atoms with Crippen LogP contribution in [0.25, 0.3) is 0 Å². The molecule has 4 aliphatic carbocycles. The topological polar surface area (TPSA) is 108 Å². The molecule has 1 heterocycles. The number of hydrogen-bond acceptors (Lipinski definition) is 8. The Bertz CT molecular complexity index is 1280. The second-order valence-electron chi connectivity index (χ2n) is 16.6. The first kappa shape index (κ1) is 33.2. The number of Topliss-reactive ketones (excluding diaryl/α,β-unsaturated/α-hetero) is 1. The smallest absolute Gasteiger partial charge is 0.303 e. The van der Waals surface area contributed by atoms with E-state index in [1.165, 1.54) is 31.9 Å². The Morgan fingerprint density at radius 3 is 2.09 bits per heavy atom. The molecule has 4 fully saturated rings. The van der Waals surface area contributed by atoms with Crippen LogP contribution in [-0.4, -0.2) is 53.7 Å². The summed E-state index contributed by atoms with van der Waals surface area (Å²) < 4.78 is 23.6. The van der Waals surface area contributed by atoms with Crippen LogP contribution in [0, 0.1) is 39.4 Å². The lowest BCUT2D eigenvalue weighted by atomic mass is 9.35. The maximum absolute atomic E-state index is 13.8. The Balaban J connectivity index is 1.54. The highest BCUT2D eigenvalue weighted by Gasteiger charge is 2.71. The van der Waals surface area contributed by atoms with Crippen molar-refractivity contribution in [2.75, 3.05) is 0 Å². The van der Waals surface area contributed by atoms with Crippen molar-refractivity contribution in [3.8, 4) is 0 Å². The van der Waals surface area contributed by atoms with Crippen LogP contribution in [0.1, 0.15) is 121 Å². The molecule has 1 aliphatic heterocycles. The van der Waals surface area contributed by atoms with Crippen LogP contribution >= 0.6 is 0 Å². The Kier molecular flexibility index (Phi) is 8.04. The van der Waals surface area contributed by atoms with E-state index in [4.69, 9.17) is 18.9 Å². The van der Waals surface area contributed by atoms with Crippen molar-refractivity contribution in [3.63, 3.8) is 0 Å². The van der Waals surface area contributed by atoms with Crippen molar-refractivity contribution in [1.29, 1.82) is 0 Å². The molecule has 0 N–H and O–H groups in total. The number of allylic oxidation sites excluding steroid dienone is 1. The van der Waals surface area contributed by atoms with E-state index in [0.29, 0.717) is 19.3 Å². The van der Waals surface area contributed by atoms with Crippen molar-refractivity contribution in [2.45, 2.75) is 151 Å². The average molecular weight is 615 g/mol. The van der Waals surface area contributed by atoms with Crippen LogP contribution in [0.3, 0.4) is 0 Å². The molecule has 1 saturated heterocycles. The van der Waals surface area contributed by atoms with Gasteiger partial charge in [-0.2, -0.15) is 0 Å². The highest BCUT2D eigenvalue weighted by atomic mass is 16.6. The molecule has 0 bridgehead atoms. The summed E-state index contributed by atoms with van der Waals surface area (Å²) in [5.74, 6) is -0.813. The third-order valence-corrected chi connectivity index (χ3v) is 13.0. The van der Waals surface area contributed by atoms with Gasteiger partial charge in [-0.15, -0.1) is 0 Å². The summed E-state index contributed by atoms with van der Waals surface area (Å²) in [5, 5.41) is 0. The molecule has 5 aliphatic rings. The zero-order valence-electron chi connectivity index (χ0n) is 28.8. The summed E-state index contributed by atoms with van der Waals surface area (Å²) in [6.45, 7) is 21.7. The fourth-order valence-electron chi connectivity index (χ4n) is 11.2. The van der Waals surface area contributed by atoms with E-state index >= 15 is 0 Å². The molecule has 0 aromatic heterocycles. The third kappa shape index (κ3) is 5.06. The number of esters is 3. The number of ketones is 1. The van der Waals surface area contributed by atoms with Gasteiger partial charge in [0, 0.05) is 44.9 Å². The molecule has 8 nitrogen and oxygen atoms in total. The van der Waals surface area contributed by atoms with E-state index in [2.05, 4.69) is 41.5 Å². The molecule has 0 unspecified atom stereocenters. The molecule has 0 spiro atoms. The van der Waals surface area contributed by atoms with Crippen molar-refractivity contribution in [2.24, 2.45) is 39.4 Å². The molecule has 0 radical (unpaired) electrons. The van der Waals surface area contributed by atoms with Gasteiger partial charge in [0.05, 0.1) is 5.60 Å². The van der Waals surface area contributed by atoms with E-state index < -0.39 is 22.9 Å². The largest absolute Gasteiger partial charge is 0.462 e. The van der Waals surface area contributed by atoms with Gasteiger partial charge >= 0.3 is 17.9 Å². The van der Waals surface area contributed by atoms with E-state index in [1.54, 1.807) is 0 Å². The normalized spacial score (nSPS) is 41.4. The number of fused-ring (bicyclic) bond motifs is 5. The SMILES string of the molecule is CC(=O)O[C@@H](C[C@@H](C)C1=C2C[C@H](OC(C)=O)[C@H]3[C@@]4(C)CC(=O)[C@@H](OC(C)=O)C(C)(C)[C@@H]4CC[C@]3(C)[C@@]2(C)CC1)[C@H]1OC1(C)C. The zero-order valence-corrected chi connectivity index (χ0v) is 28.8. The Morgan fingerprint density at radius 2 is 1.55 bits per heavy atom. The summed E-state index contributed by atoms with van der Waals surface area (Å²) in [6, 6.07) is 0. The van der Waals surface area contributed by atoms with Gasteiger partial charge < -0.3 is 18.9 Å². The minimum absolute atomic E-state index is 0.0305. The number of rotatable bonds is 7. The molecule has 0 aromatic carbocycles. The average Bonchev–Trinajstić information content (AvgIpc) is 3.36. The molecule has 246 valence electrons. The maximum Gasteiger partial charge on any atom is 0.303 e. The van der Waals surface area contributed by atoms with Crippen molar-refractivity contribution in [3.05, 3.63) is 11.1 Å². The predicted octanol–water partition coefficient (Wildman–Crippen LogP) is 6.52. The molecular formula is C36H54O8. The fraction of sp³-hybridized carbons (Fsp3) is 0.833. The molecule has 8 heteroatoms. The lowest BCUT2D eigenvalue weighted by Crippen LogP contribution is -2.68. The highest BCUT2D eigenvalue weighted by Crippen LogP contribution is 2.74. The Hall–Kier alpha value is -2.22. The standard InChI is InChI=1S/C36H54O8/c1-19(16-27(42-21(3)38)31-33(7,8)44-31)23-12-14-35(10)24(23)17-26(41-20(2)37)29-34(9)18-25(40)30(43-22(4)39)32(5,6)28(34)13-15-36(29,35)11/h19,26-31H,12-18H2,1-11H3/t19-,26+,27+,28+,29+,30-,31-,34+,35+,36+/m1/s1. The number of carbonyl (C=O) groups excluding carboxylic acids is 4. The second kappa shape index (κ2) is 10.7. The van der Waals surface area contributed by atoms with E-state index in [9.17, 15) is 19.2 Å². The highest BCUT2D eigenvalue weighted by molar-refractivity contribution is 5.88. The minimum Gasteiger partial charge on any atom is -0.462 e.